The Labute approximate surface area is 93.9 Å². The lowest BCUT2D eigenvalue weighted by molar-refractivity contribution is -0.197. The highest BCUT2D eigenvalue weighted by Crippen LogP contribution is 2.13. The van der Waals surface area contributed by atoms with Gasteiger partial charge in [0.1, 0.15) is 0 Å². The summed E-state index contributed by atoms with van der Waals surface area (Å²) in [5, 5.41) is 3.03. The molecular weight excluding hydrogens is 208 g/mol. The number of carbonyl (C=O) groups excluding carboxylic acids is 1. The number of benzene rings is 1. The van der Waals surface area contributed by atoms with Crippen molar-refractivity contribution < 1.29 is 9.63 Å². The summed E-state index contributed by atoms with van der Waals surface area (Å²) in [6.45, 7) is 5.18. The van der Waals surface area contributed by atoms with Gasteiger partial charge in [0.25, 0.3) is 0 Å². The Balaban J connectivity index is 2.83. The summed E-state index contributed by atoms with van der Waals surface area (Å²) in [5.74, 6) is -0.578. The first kappa shape index (κ1) is 12.3. The molecule has 0 saturated heterocycles. The third kappa shape index (κ3) is 3.43. The molecule has 0 saturated carbocycles. The Morgan fingerprint density at radius 2 is 1.81 bits per heavy atom. The molecule has 1 aromatic carbocycles. The van der Waals surface area contributed by atoms with Crippen molar-refractivity contribution in [1.29, 1.82) is 0 Å². The minimum Gasteiger partial charge on any atom is -0.265 e. The lowest BCUT2D eigenvalue weighted by atomic mass is 10.2. The van der Waals surface area contributed by atoms with Crippen LogP contribution in [0.15, 0.2) is 35.6 Å². The highest BCUT2D eigenvalue weighted by atomic mass is 16.7. The van der Waals surface area contributed by atoms with E-state index in [1.807, 2.05) is 0 Å². The highest BCUT2D eigenvalue weighted by Gasteiger charge is 2.23. The number of nitrogens with zero attached hydrogens (tertiary/aromatic N) is 2. The summed E-state index contributed by atoms with van der Waals surface area (Å²) < 4.78 is 0. The maximum Gasteiger partial charge on any atom is 0.302 e. The van der Waals surface area contributed by atoms with E-state index >= 15 is 0 Å². The second-order valence-electron chi connectivity index (χ2n) is 4.23. The lowest BCUT2D eigenvalue weighted by Crippen LogP contribution is -2.34. The van der Waals surface area contributed by atoms with Crippen LogP contribution in [0.4, 0.5) is 0 Å². The van der Waals surface area contributed by atoms with Crippen molar-refractivity contribution in [2.45, 2.75) is 26.4 Å². The average Bonchev–Trinajstić information content (AvgIpc) is 2.25. The van der Waals surface area contributed by atoms with Gasteiger partial charge in [-0.15, -0.1) is 4.91 Å². The van der Waals surface area contributed by atoms with Gasteiger partial charge in [0.2, 0.25) is 0 Å². The molecule has 1 amide bonds. The lowest BCUT2D eigenvalue weighted by Gasteiger charge is -2.23. The zero-order valence-corrected chi connectivity index (χ0v) is 9.51. The Bertz CT molecular complexity index is 371. The van der Waals surface area contributed by atoms with Gasteiger partial charge in [-0.25, -0.2) is 4.84 Å². The van der Waals surface area contributed by atoms with Crippen molar-refractivity contribution in [1.82, 2.24) is 5.17 Å². The van der Waals surface area contributed by atoms with E-state index < -0.39 is 11.5 Å². The van der Waals surface area contributed by atoms with Crippen LogP contribution < -0.4 is 0 Å². The van der Waals surface area contributed by atoms with Crippen LogP contribution in [0, 0.1) is 4.91 Å². The molecule has 5 heteroatoms. The first-order chi connectivity index (χ1) is 7.44. The van der Waals surface area contributed by atoms with Crippen molar-refractivity contribution in [2.24, 2.45) is 5.29 Å². The van der Waals surface area contributed by atoms with Crippen molar-refractivity contribution in [3.8, 4) is 0 Å². The van der Waals surface area contributed by atoms with Crippen LogP contribution >= 0.6 is 0 Å². The summed E-state index contributed by atoms with van der Waals surface area (Å²) in [5.41, 5.74) is -0.301. The number of amides is 1. The smallest absolute Gasteiger partial charge is 0.265 e. The van der Waals surface area contributed by atoms with Gasteiger partial charge in [0, 0.05) is 5.56 Å². The van der Waals surface area contributed by atoms with Gasteiger partial charge in [0.15, 0.2) is 0 Å². The van der Waals surface area contributed by atoms with E-state index in [4.69, 9.17) is 4.84 Å². The molecule has 0 spiro atoms. The van der Waals surface area contributed by atoms with Crippen molar-refractivity contribution in [2.75, 3.05) is 0 Å². The minimum absolute atomic E-state index is 0.353. The number of rotatable bonds is 3. The zero-order valence-electron chi connectivity index (χ0n) is 9.51. The maximum atomic E-state index is 11.8. The second kappa shape index (κ2) is 4.85. The van der Waals surface area contributed by atoms with Gasteiger partial charge in [0.05, 0.1) is 10.9 Å². The molecule has 0 fully saturated rings. The van der Waals surface area contributed by atoms with Crippen LogP contribution in [0.25, 0.3) is 0 Å². The molecule has 1 rings (SSSR count). The fraction of sp³-hybridized carbons (Fsp3) is 0.364. The monoisotopic (exact) mass is 222 g/mol. The topological polar surface area (TPSA) is 59.0 Å². The average molecular weight is 222 g/mol. The molecule has 16 heavy (non-hydrogen) atoms. The molecule has 0 heterocycles. The maximum absolute atomic E-state index is 11.8. The van der Waals surface area contributed by atoms with Gasteiger partial charge >= 0.3 is 5.91 Å². The fourth-order valence-corrected chi connectivity index (χ4v) is 1.05. The summed E-state index contributed by atoms with van der Waals surface area (Å²) in [6.07, 6.45) is 0. The summed E-state index contributed by atoms with van der Waals surface area (Å²) in [7, 11) is 0. The Kier molecular flexibility index (Phi) is 3.73. The molecule has 0 aliphatic carbocycles. The molecule has 0 aliphatic heterocycles. The van der Waals surface area contributed by atoms with Gasteiger partial charge < -0.3 is 0 Å². The third-order valence-corrected chi connectivity index (χ3v) is 1.63. The van der Waals surface area contributed by atoms with E-state index in [0.717, 1.165) is 0 Å². The van der Waals surface area contributed by atoms with Crippen molar-refractivity contribution in [3.63, 3.8) is 0 Å². The predicted molar refractivity (Wildman–Crippen MR) is 59.2 cm³/mol. The van der Waals surface area contributed by atoms with Crippen LogP contribution in [0.2, 0.25) is 0 Å². The van der Waals surface area contributed by atoms with E-state index in [-0.39, 0.29) is 0 Å². The molecule has 0 aliphatic rings. The van der Waals surface area contributed by atoms with E-state index in [1.165, 1.54) is 0 Å². The molecule has 0 N–H and O–H groups in total. The Morgan fingerprint density at radius 1 is 1.25 bits per heavy atom. The number of hydroxylamine groups is 1. The van der Waals surface area contributed by atoms with Crippen LogP contribution in [-0.2, 0) is 4.84 Å². The van der Waals surface area contributed by atoms with E-state index in [1.54, 1.807) is 51.1 Å². The summed E-state index contributed by atoms with van der Waals surface area (Å²) in [4.78, 5) is 27.4. The van der Waals surface area contributed by atoms with Gasteiger partial charge in [-0.3, -0.25) is 4.79 Å². The number of hydrogen-bond acceptors (Lipinski definition) is 4. The molecule has 0 aromatic heterocycles. The number of nitroso groups, excluding NO2 is 1. The minimum atomic E-state index is -0.654. The summed E-state index contributed by atoms with van der Waals surface area (Å²) >= 11 is 0. The van der Waals surface area contributed by atoms with Crippen LogP contribution in [-0.4, -0.2) is 16.7 Å². The normalized spacial score (nSPS) is 10.9. The third-order valence-electron chi connectivity index (χ3n) is 1.63. The van der Waals surface area contributed by atoms with Gasteiger partial charge in [-0.1, -0.05) is 23.4 Å². The first-order valence-corrected chi connectivity index (χ1v) is 4.86. The molecular formula is C11H14N2O3. The fourth-order valence-electron chi connectivity index (χ4n) is 1.05. The van der Waals surface area contributed by atoms with E-state index in [0.29, 0.717) is 10.7 Å². The standard InChI is InChI=1S/C11H14N2O3/c1-11(2,3)16-13(12-15)10(14)9-7-5-4-6-8-9/h4-8H,1-3H3. The molecule has 0 unspecified atom stereocenters. The molecule has 5 nitrogen and oxygen atoms in total. The first-order valence-electron chi connectivity index (χ1n) is 4.86. The van der Waals surface area contributed by atoms with Crippen LogP contribution in [0.3, 0.4) is 0 Å². The van der Waals surface area contributed by atoms with E-state index in [9.17, 15) is 9.70 Å². The highest BCUT2D eigenvalue weighted by molar-refractivity contribution is 5.93. The largest absolute Gasteiger partial charge is 0.302 e. The predicted octanol–water partition coefficient (Wildman–Crippen LogP) is 2.54. The number of hydrogen-bond donors (Lipinski definition) is 0. The van der Waals surface area contributed by atoms with Crippen molar-refractivity contribution >= 4 is 5.91 Å². The van der Waals surface area contributed by atoms with Crippen LogP contribution in [0.1, 0.15) is 31.1 Å². The van der Waals surface area contributed by atoms with Gasteiger partial charge in [-0.2, -0.15) is 0 Å². The summed E-state index contributed by atoms with van der Waals surface area (Å²) in [6, 6.07) is 8.36. The SMILES string of the molecule is CC(C)(C)ON(N=O)C(=O)c1ccccc1. The van der Waals surface area contributed by atoms with Crippen LogP contribution in [0.5, 0.6) is 0 Å². The quantitative estimate of drug-likeness (QED) is 0.583. The van der Waals surface area contributed by atoms with Gasteiger partial charge in [-0.05, 0) is 32.9 Å². The zero-order chi connectivity index (χ0) is 12.2. The molecule has 86 valence electrons. The Morgan fingerprint density at radius 3 is 2.25 bits per heavy atom. The molecule has 1 aromatic rings. The molecule has 0 radical (unpaired) electrons. The number of carbonyl (C=O) groups is 1. The molecule has 0 atom stereocenters. The molecule has 0 bridgehead atoms. The van der Waals surface area contributed by atoms with Crippen molar-refractivity contribution in [3.05, 3.63) is 40.8 Å². The Hall–Kier alpha value is -1.75. The second-order valence-corrected chi connectivity index (χ2v) is 4.23. The van der Waals surface area contributed by atoms with E-state index in [2.05, 4.69) is 5.29 Å².